The molecule has 4 aromatic rings. The van der Waals surface area contributed by atoms with E-state index >= 15 is 0 Å². The molecule has 0 aliphatic heterocycles. The maximum atomic E-state index is 13.3. The van der Waals surface area contributed by atoms with Crippen LogP contribution in [-0.2, 0) is 5.41 Å². The van der Waals surface area contributed by atoms with Crippen LogP contribution in [0.5, 0.6) is 11.5 Å². The highest BCUT2D eigenvalue weighted by Crippen LogP contribution is 2.32. The first-order valence-electron chi connectivity index (χ1n) is 10.7. The standard InChI is InChI=1S/C28H26O5/c1-17-25(21-8-6-7-9-23(21)31-5)26(29)22-15-14-20(16-24(22)32-17)33-27(30)18-10-12-19(13-11-18)28(2,3)4/h6-16H,1-5H3. The summed E-state index contributed by atoms with van der Waals surface area (Å²) in [5, 5.41) is 0.399. The highest BCUT2D eigenvalue weighted by Gasteiger charge is 2.18. The molecule has 4 rings (SSSR count). The molecule has 33 heavy (non-hydrogen) atoms. The molecule has 5 nitrogen and oxygen atoms in total. The number of methoxy groups -OCH3 is 1. The molecule has 0 radical (unpaired) electrons. The molecule has 0 aliphatic rings. The maximum Gasteiger partial charge on any atom is 0.343 e. The van der Waals surface area contributed by atoms with E-state index in [4.69, 9.17) is 13.9 Å². The summed E-state index contributed by atoms with van der Waals surface area (Å²) in [4.78, 5) is 25.9. The number of benzene rings is 3. The van der Waals surface area contributed by atoms with E-state index in [-0.39, 0.29) is 10.8 Å². The molecule has 168 valence electrons. The predicted molar refractivity (Wildman–Crippen MR) is 129 cm³/mol. The lowest BCUT2D eigenvalue weighted by Crippen LogP contribution is -2.13. The van der Waals surface area contributed by atoms with Gasteiger partial charge >= 0.3 is 5.97 Å². The second-order valence-corrected chi connectivity index (χ2v) is 8.94. The van der Waals surface area contributed by atoms with E-state index < -0.39 is 5.97 Å². The van der Waals surface area contributed by atoms with Crippen molar-refractivity contribution in [1.29, 1.82) is 0 Å². The Balaban J connectivity index is 1.67. The molecule has 0 amide bonds. The zero-order chi connectivity index (χ0) is 23.8. The monoisotopic (exact) mass is 442 g/mol. The van der Waals surface area contributed by atoms with Crippen molar-refractivity contribution in [3.8, 4) is 22.6 Å². The number of aryl methyl sites for hydroxylation is 1. The molecule has 0 saturated carbocycles. The third-order valence-corrected chi connectivity index (χ3v) is 5.61. The fraction of sp³-hybridized carbons (Fsp3) is 0.214. The summed E-state index contributed by atoms with van der Waals surface area (Å²) in [6.45, 7) is 8.08. The zero-order valence-electron chi connectivity index (χ0n) is 19.4. The number of fused-ring (bicyclic) bond motifs is 1. The van der Waals surface area contributed by atoms with Crippen molar-refractivity contribution in [2.24, 2.45) is 0 Å². The van der Waals surface area contributed by atoms with Crippen molar-refractivity contribution in [2.75, 3.05) is 7.11 Å². The van der Waals surface area contributed by atoms with Gasteiger partial charge in [-0.3, -0.25) is 4.79 Å². The predicted octanol–water partition coefficient (Wildman–Crippen LogP) is 6.29. The highest BCUT2D eigenvalue weighted by molar-refractivity contribution is 5.92. The van der Waals surface area contributed by atoms with Gasteiger partial charge in [0.2, 0.25) is 5.43 Å². The van der Waals surface area contributed by atoms with Crippen LogP contribution in [0.4, 0.5) is 0 Å². The van der Waals surface area contributed by atoms with Gasteiger partial charge in [-0.1, -0.05) is 51.1 Å². The van der Waals surface area contributed by atoms with Crippen LogP contribution in [-0.4, -0.2) is 13.1 Å². The van der Waals surface area contributed by atoms with Crippen LogP contribution in [0.15, 0.2) is 75.9 Å². The summed E-state index contributed by atoms with van der Waals surface area (Å²) < 4.78 is 16.9. The average molecular weight is 443 g/mol. The van der Waals surface area contributed by atoms with E-state index in [0.29, 0.717) is 44.9 Å². The van der Waals surface area contributed by atoms with Gasteiger partial charge in [-0.2, -0.15) is 0 Å². The molecule has 0 atom stereocenters. The number of carbonyl (C=O) groups is 1. The molecule has 5 heteroatoms. The lowest BCUT2D eigenvalue weighted by atomic mass is 9.87. The number of hydrogen-bond acceptors (Lipinski definition) is 5. The van der Waals surface area contributed by atoms with E-state index in [1.165, 1.54) is 0 Å². The molecule has 0 saturated heterocycles. The summed E-state index contributed by atoms with van der Waals surface area (Å²) in [7, 11) is 1.56. The summed E-state index contributed by atoms with van der Waals surface area (Å²) >= 11 is 0. The van der Waals surface area contributed by atoms with Crippen LogP contribution in [0.2, 0.25) is 0 Å². The van der Waals surface area contributed by atoms with Crippen molar-refractivity contribution in [2.45, 2.75) is 33.1 Å². The lowest BCUT2D eigenvalue weighted by molar-refractivity contribution is 0.0735. The van der Waals surface area contributed by atoms with Crippen LogP contribution in [0.3, 0.4) is 0 Å². The Morgan fingerprint density at radius 3 is 2.30 bits per heavy atom. The Morgan fingerprint density at radius 2 is 1.64 bits per heavy atom. The van der Waals surface area contributed by atoms with Crippen LogP contribution in [0.25, 0.3) is 22.1 Å². The van der Waals surface area contributed by atoms with E-state index in [2.05, 4.69) is 20.8 Å². The third kappa shape index (κ3) is 4.40. The van der Waals surface area contributed by atoms with Crippen LogP contribution >= 0.6 is 0 Å². The minimum atomic E-state index is -0.473. The second-order valence-electron chi connectivity index (χ2n) is 8.94. The van der Waals surface area contributed by atoms with Crippen molar-refractivity contribution >= 4 is 16.9 Å². The van der Waals surface area contributed by atoms with E-state index in [1.54, 1.807) is 50.4 Å². The third-order valence-electron chi connectivity index (χ3n) is 5.61. The number of carbonyl (C=O) groups excluding carboxylic acids is 1. The fourth-order valence-corrected chi connectivity index (χ4v) is 3.78. The maximum absolute atomic E-state index is 13.3. The molecule has 1 heterocycles. The van der Waals surface area contributed by atoms with Gasteiger partial charge in [0.15, 0.2) is 0 Å². The Morgan fingerprint density at radius 1 is 0.939 bits per heavy atom. The van der Waals surface area contributed by atoms with E-state index in [1.807, 2.05) is 30.3 Å². The fourth-order valence-electron chi connectivity index (χ4n) is 3.78. The number of esters is 1. The topological polar surface area (TPSA) is 65.7 Å². The summed E-state index contributed by atoms with van der Waals surface area (Å²) in [5.41, 5.74) is 2.88. The first kappa shape index (κ1) is 22.3. The van der Waals surface area contributed by atoms with Crippen LogP contribution in [0.1, 0.15) is 42.5 Å². The lowest BCUT2D eigenvalue weighted by Gasteiger charge is -2.18. The van der Waals surface area contributed by atoms with Crippen LogP contribution < -0.4 is 14.9 Å². The normalized spacial score (nSPS) is 11.4. The van der Waals surface area contributed by atoms with Gasteiger partial charge in [-0.15, -0.1) is 0 Å². The Hall–Kier alpha value is -3.86. The molecule has 0 fully saturated rings. The zero-order valence-corrected chi connectivity index (χ0v) is 19.4. The first-order valence-corrected chi connectivity index (χ1v) is 10.7. The highest BCUT2D eigenvalue weighted by atomic mass is 16.5. The summed E-state index contributed by atoms with van der Waals surface area (Å²) in [6, 6.07) is 19.5. The van der Waals surface area contributed by atoms with Gasteiger partial charge in [0, 0.05) is 11.6 Å². The summed E-state index contributed by atoms with van der Waals surface area (Å²) in [6.07, 6.45) is 0. The van der Waals surface area contributed by atoms with E-state index in [9.17, 15) is 9.59 Å². The number of rotatable bonds is 4. The van der Waals surface area contributed by atoms with Gasteiger partial charge in [-0.05, 0) is 48.2 Å². The van der Waals surface area contributed by atoms with Gasteiger partial charge < -0.3 is 13.9 Å². The molecule has 0 bridgehead atoms. The van der Waals surface area contributed by atoms with Gasteiger partial charge in [-0.25, -0.2) is 4.79 Å². The molecule has 0 N–H and O–H groups in total. The molecular weight excluding hydrogens is 416 g/mol. The first-order chi connectivity index (χ1) is 15.7. The second kappa shape index (κ2) is 8.58. The molecule has 0 unspecified atom stereocenters. The minimum Gasteiger partial charge on any atom is -0.496 e. The Labute approximate surface area is 192 Å². The van der Waals surface area contributed by atoms with Crippen molar-refractivity contribution in [1.82, 2.24) is 0 Å². The average Bonchev–Trinajstić information content (AvgIpc) is 2.78. The van der Waals surface area contributed by atoms with Gasteiger partial charge in [0.1, 0.15) is 22.8 Å². The molecular formula is C28H26O5. The van der Waals surface area contributed by atoms with Crippen LogP contribution in [0, 0.1) is 6.92 Å². The molecule has 0 spiro atoms. The number of para-hydroxylation sites is 1. The Bertz CT molecular complexity index is 1390. The largest absolute Gasteiger partial charge is 0.496 e. The summed E-state index contributed by atoms with van der Waals surface area (Å²) in [5.74, 6) is 0.882. The minimum absolute atomic E-state index is 0.00119. The Kier molecular flexibility index (Phi) is 5.81. The SMILES string of the molecule is COc1ccccc1-c1c(C)oc2cc(OC(=O)c3ccc(C(C)(C)C)cc3)ccc2c1=O. The molecule has 0 aliphatic carbocycles. The smallest absolute Gasteiger partial charge is 0.343 e. The number of hydrogen-bond donors (Lipinski definition) is 0. The van der Waals surface area contributed by atoms with Crippen molar-refractivity contribution in [3.63, 3.8) is 0 Å². The van der Waals surface area contributed by atoms with Crippen molar-refractivity contribution in [3.05, 3.63) is 93.8 Å². The molecule has 3 aromatic carbocycles. The quantitative estimate of drug-likeness (QED) is 0.274. The molecule has 1 aromatic heterocycles. The van der Waals surface area contributed by atoms with E-state index in [0.717, 1.165) is 5.56 Å². The van der Waals surface area contributed by atoms with Crippen molar-refractivity contribution < 1.29 is 18.7 Å². The van der Waals surface area contributed by atoms with Gasteiger partial charge in [0.05, 0.1) is 23.6 Å². The van der Waals surface area contributed by atoms with Gasteiger partial charge in [0.25, 0.3) is 0 Å². The number of ether oxygens (including phenoxy) is 2.